The summed E-state index contributed by atoms with van der Waals surface area (Å²) < 4.78 is 5.53. The number of likely N-dealkylation sites (tertiary alicyclic amines) is 1. The molecule has 8 nitrogen and oxygen atoms in total. The lowest BCUT2D eigenvalue weighted by molar-refractivity contribution is -0.129. The molecule has 4 rings (SSSR count). The number of halogens is 1. The predicted octanol–water partition coefficient (Wildman–Crippen LogP) is 4.45. The van der Waals surface area contributed by atoms with Gasteiger partial charge in [-0.05, 0) is 51.3 Å². The molecule has 0 saturated carbocycles. The van der Waals surface area contributed by atoms with Crippen LogP contribution in [-0.2, 0) is 26.3 Å². The average molecular weight is 513 g/mol. The number of benzene rings is 1. The molecule has 192 valence electrons. The molecule has 36 heavy (non-hydrogen) atoms. The van der Waals surface area contributed by atoms with Gasteiger partial charge in [0.1, 0.15) is 17.8 Å². The van der Waals surface area contributed by atoms with Crippen molar-refractivity contribution in [2.75, 3.05) is 18.0 Å². The zero-order chi connectivity index (χ0) is 26.1. The Morgan fingerprint density at radius 2 is 1.78 bits per heavy atom. The summed E-state index contributed by atoms with van der Waals surface area (Å²) in [6, 6.07) is 12.1. The predicted molar refractivity (Wildman–Crippen MR) is 138 cm³/mol. The van der Waals surface area contributed by atoms with Crippen molar-refractivity contribution in [3.05, 3.63) is 58.9 Å². The van der Waals surface area contributed by atoms with Crippen molar-refractivity contribution in [1.29, 1.82) is 0 Å². The van der Waals surface area contributed by atoms with Crippen LogP contribution in [0.5, 0.6) is 0 Å². The number of ether oxygens (including phenoxy) is 1. The second kappa shape index (κ2) is 10.1. The summed E-state index contributed by atoms with van der Waals surface area (Å²) in [4.78, 5) is 47.6. The van der Waals surface area contributed by atoms with Crippen molar-refractivity contribution in [3.8, 4) is 0 Å². The highest BCUT2D eigenvalue weighted by atomic mass is 35.5. The number of anilines is 1. The van der Waals surface area contributed by atoms with Crippen molar-refractivity contribution in [3.63, 3.8) is 0 Å². The fourth-order valence-corrected chi connectivity index (χ4v) is 5.32. The molecule has 3 heterocycles. The first-order valence-electron chi connectivity index (χ1n) is 12.3. The van der Waals surface area contributed by atoms with Crippen LogP contribution in [0.3, 0.4) is 0 Å². The number of fused-ring (bicyclic) bond motifs is 2. The quantitative estimate of drug-likeness (QED) is 0.611. The van der Waals surface area contributed by atoms with Crippen LogP contribution in [0.2, 0.25) is 5.15 Å². The molecule has 1 atom stereocenters. The number of aromatic nitrogens is 1. The number of pyridine rings is 1. The molecule has 3 amide bonds. The van der Waals surface area contributed by atoms with E-state index in [1.54, 1.807) is 28.9 Å². The Morgan fingerprint density at radius 1 is 1.11 bits per heavy atom. The van der Waals surface area contributed by atoms with Crippen molar-refractivity contribution in [2.24, 2.45) is 0 Å². The highest BCUT2D eigenvalue weighted by Crippen LogP contribution is 2.51. The minimum Gasteiger partial charge on any atom is -0.445 e. The molecular formula is C27H33ClN4O4. The zero-order valence-corrected chi connectivity index (χ0v) is 22.0. The number of hydrogen-bond donors (Lipinski definition) is 1. The third-order valence-electron chi connectivity index (χ3n) is 6.79. The summed E-state index contributed by atoms with van der Waals surface area (Å²) in [5.41, 5.74) is 0.913. The van der Waals surface area contributed by atoms with Gasteiger partial charge in [0.05, 0.1) is 11.4 Å². The largest absolute Gasteiger partial charge is 0.445 e. The van der Waals surface area contributed by atoms with Gasteiger partial charge >= 0.3 is 6.09 Å². The molecule has 1 N–H and O–H groups in total. The van der Waals surface area contributed by atoms with E-state index in [9.17, 15) is 14.4 Å². The normalized spacial score (nSPS) is 18.6. The fourth-order valence-electron chi connectivity index (χ4n) is 5.17. The minimum absolute atomic E-state index is 0.156. The topological polar surface area (TPSA) is 91.8 Å². The van der Waals surface area contributed by atoms with E-state index in [0.29, 0.717) is 42.5 Å². The highest BCUT2D eigenvalue weighted by Gasteiger charge is 2.58. The van der Waals surface area contributed by atoms with Crippen molar-refractivity contribution >= 4 is 35.2 Å². The maximum Gasteiger partial charge on any atom is 0.410 e. The fraction of sp³-hybridized carbons (Fsp3) is 0.481. The molecule has 9 heteroatoms. The van der Waals surface area contributed by atoms with Gasteiger partial charge in [0, 0.05) is 30.5 Å². The molecule has 1 fully saturated rings. The van der Waals surface area contributed by atoms with Gasteiger partial charge in [-0.1, -0.05) is 48.9 Å². The Labute approximate surface area is 217 Å². The van der Waals surface area contributed by atoms with Crippen LogP contribution >= 0.6 is 11.6 Å². The van der Waals surface area contributed by atoms with Crippen molar-refractivity contribution in [2.45, 2.75) is 70.6 Å². The van der Waals surface area contributed by atoms with Gasteiger partial charge < -0.3 is 15.0 Å². The van der Waals surface area contributed by atoms with Crippen molar-refractivity contribution < 1.29 is 19.1 Å². The Bertz CT molecular complexity index is 1140. The second-order valence-corrected chi connectivity index (χ2v) is 10.8. The summed E-state index contributed by atoms with van der Waals surface area (Å²) >= 11 is 6.30. The van der Waals surface area contributed by atoms with Crippen LogP contribution in [0.25, 0.3) is 0 Å². The van der Waals surface area contributed by atoms with E-state index in [1.807, 2.05) is 51.1 Å². The van der Waals surface area contributed by atoms with Gasteiger partial charge in [0.15, 0.2) is 0 Å². The van der Waals surface area contributed by atoms with E-state index in [-0.39, 0.29) is 24.8 Å². The third-order valence-corrected chi connectivity index (χ3v) is 7.00. The lowest BCUT2D eigenvalue weighted by Gasteiger charge is -2.43. The SMILES string of the molecule is CCC(=O)N1c2ccc(Cl)nc2C2(CCN(C(=O)OCc3ccccc3)CC2)C1C(=O)NC(C)(C)C. The third kappa shape index (κ3) is 5.05. The monoisotopic (exact) mass is 512 g/mol. The second-order valence-electron chi connectivity index (χ2n) is 10.4. The molecular weight excluding hydrogens is 480 g/mol. The number of nitrogens with one attached hydrogen (secondary N) is 1. The average Bonchev–Trinajstić information content (AvgIpc) is 3.11. The number of nitrogens with zero attached hydrogens (tertiary/aromatic N) is 3. The zero-order valence-electron chi connectivity index (χ0n) is 21.2. The van der Waals surface area contributed by atoms with Crippen LogP contribution in [0.15, 0.2) is 42.5 Å². The lowest BCUT2D eigenvalue weighted by atomic mass is 9.71. The molecule has 1 aromatic carbocycles. The van der Waals surface area contributed by atoms with Crippen LogP contribution in [0.4, 0.5) is 10.5 Å². The number of amides is 3. The van der Waals surface area contributed by atoms with Crippen LogP contribution < -0.4 is 10.2 Å². The Morgan fingerprint density at radius 3 is 2.39 bits per heavy atom. The first-order chi connectivity index (χ1) is 17.1. The van der Waals surface area contributed by atoms with E-state index >= 15 is 0 Å². The van der Waals surface area contributed by atoms with Gasteiger partial charge in [-0.3, -0.25) is 14.5 Å². The van der Waals surface area contributed by atoms with Gasteiger partial charge in [0.2, 0.25) is 11.8 Å². The number of carbonyl (C=O) groups excluding carboxylic acids is 3. The molecule has 0 aliphatic carbocycles. The van der Waals surface area contributed by atoms with Crippen LogP contribution in [-0.4, -0.2) is 52.5 Å². The van der Waals surface area contributed by atoms with Crippen LogP contribution in [0, 0.1) is 0 Å². The van der Waals surface area contributed by atoms with Crippen LogP contribution in [0.1, 0.15) is 58.2 Å². The molecule has 1 spiro atoms. The molecule has 0 bridgehead atoms. The standard InChI is InChI=1S/C27H33ClN4O4/c1-5-21(33)32-19-11-12-20(28)29-22(19)27(23(32)24(34)30-26(2,3)4)13-15-31(16-14-27)25(35)36-17-18-9-7-6-8-10-18/h6-12,23H,5,13-17H2,1-4H3,(H,30,34). The molecule has 2 aliphatic rings. The first-order valence-corrected chi connectivity index (χ1v) is 12.7. The summed E-state index contributed by atoms with van der Waals surface area (Å²) in [5.74, 6) is -0.394. The highest BCUT2D eigenvalue weighted by molar-refractivity contribution is 6.29. The molecule has 1 saturated heterocycles. The molecule has 2 aliphatic heterocycles. The molecule has 1 aromatic heterocycles. The smallest absolute Gasteiger partial charge is 0.410 e. The Kier molecular flexibility index (Phi) is 7.27. The maximum atomic E-state index is 13.7. The van der Waals surface area contributed by atoms with Gasteiger partial charge in [-0.2, -0.15) is 0 Å². The van der Waals surface area contributed by atoms with Gasteiger partial charge in [0.25, 0.3) is 0 Å². The summed E-state index contributed by atoms with van der Waals surface area (Å²) in [6.07, 6.45) is 0.741. The Balaban J connectivity index is 1.62. The van der Waals surface area contributed by atoms with Gasteiger partial charge in [-0.25, -0.2) is 9.78 Å². The number of hydrogen-bond acceptors (Lipinski definition) is 5. The molecule has 1 unspecified atom stereocenters. The first kappa shape index (κ1) is 25.9. The van der Waals surface area contributed by atoms with E-state index in [4.69, 9.17) is 16.3 Å². The van der Waals surface area contributed by atoms with E-state index < -0.39 is 23.1 Å². The van der Waals surface area contributed by atoms with E-state index in [2.05, 4.69) is 10.3 Å². The van der Waals surface area contributed by atoms with Crippen molar-refractivity contribution in [1.82, 2.24) is 15.2 Å². The summed E-state index contributed by atoms with van der Waals surface area (Å²) in [5, 5.41) is 3.37. The summed E-state index contributed by atoms with van der Waals surface area (Å²) in [6.45, 7) is 8.44. The molecule has 2 aromatic rings. The minimum atomic E-state index is -0.785. The maximum absolute atomic E-state index is 13.7. The lowest BCUT2D eigenvalue weighted by Crippen LogP contribution is -2.61. The Hall–Kier alpha value is -3.13. The van der Waals surface area contributed by atoms with E-state index in [1.165, 1.54) is 0 Å². The number of rotatable bonds is 4. The van der Waals surface area contributed by atoms with Gasteiger partial charge in [-0.15, -0.1) is 0 Å². The summed E-state index contributed by atoms with van der Waals surface area (Å²) in [7, 11) is 0. The number of piperidine rings is 1. The number of carbonyl (C=O) groups is 3. The molecule has 0 radical (unpaired) electrons. The van der Waals surface area contributed by atoms with E-state index in [0.717, 1.165) is 5.56 Å².